The van der Waals surface area contributed by atoms with Gasteiger partial charge in [-0.2, -0.15) is 5.10 Å². The second kappa shape index (κ2) is 3.76. The second-order valence-corrected chi connectivity index (χ2v) is 3.91. The summed E-state index contributed by atoms with van der Waals surface area (Å²) in [5.41, 5.74) is 1.57. The SMILES string of the molecule is Cn1nc(C(=O)O)cc1-c1ccc2c(c1)OCO2. The van der Waals surface area contributed by atoms with Crippen molar-refractivity contribution in [2.75, 3.05) is 6.79 Å². The van der Waals surface area contributed by atoms with Crippen molar-refractivity contribution in [2.24, 2.45) is 7.05 Å². The second-order valence-electron chi connectivity index (χ2n) is 3.91. The van der Waals surface area contributed by atoms with Crippen molar-refractivity contribution in [3.8, 4) is 22.8 Å². The maximum absolute atomic E-state index is 10.9. The third kappa shape index (κ3) is 1.58. The van der Waals surface area contributed by atoms with Gasteiger partial charge in [0, 0.05) is 12.6 Å². The van der Waals surface area contributed by atoms with Gasteiger partial charge in [0.2, 0.25) is 6.79 Å². The van der Waals surface area contributed by atoms with Crippen molar-refractivity contribution in [2.45, 2.75) is 0 Å². The van der Waals surface area contributed by atoms with Crippen molar-refractivity contribution >= 4 is 5.97 Å². The van der Waals surface area contributed by atoms with E-state index in [0.29, 0.717) is 17.2 Å². The van der Waals surface area contributed by atoms with Gasteiger partial charge in [-0.1, -0.05) is 0 Å². The molecule has 1 aliphatic heterocycles. The topological polar surface area (TPSA) is 73.6 Å². The first-order chi connectivity index (χ1) is 8.65. The molecule has 1 aromatic carbocycles. The highest BCUT2D eigenvalue weighted by Crippen LogP contribution is 2.35. The van der Waals surface area contributed by atoms with Gasteiger partial charge in [0.1, 0.15) is 0 Å². The molecular weight excluding hydrogens is 236 g/mol. The standard InChI is InChI=1S/C12H10N2O4/c1-14-9(5-8(13-14)12(15)16)7-2-3-10-11(4-7)18-6-17-10/h2-5H,6H2,1H3,(H,15,16). The number of fused-ring (bicyclic) bond motifs is 1. The van der Waals surface area contributed by atoms with Gasteiger partial charge in [-0.05, 0) is 24.3 Å². The Labute approximate surface area is 102 Å². The van der Waals surface area contributed by atoms with E-state index >= 15 is 0 Å². The summed E-state index contributed by atoms with van der Waals surface area (Å²) in [7, 11) is 1.70. The number of carboxylic acids is 1. The van der Waals surface area contributed by atoms with Gasteiger partial charge in [-0.15, -0.1) is 0 Å². The lowest BCUT2D eigenvalue weighted by atomic mass is 10.1. The van der Waals surface area contributed by atoms with Crippen molar-refractivity contribution in [1.82, 2.24) is 9.78 Å². The number of aryl methyl sites for hydroxylation is 1. The van der Waals surface area contributed by atoms with Gasteiger partial charge in [0.15, 0.2) is 17.2 Å². The van der Waals surface area contributed by atoms with Crippen LogP contribution >= 0.6 is 0 Å². The molecule has 0 atom stereocenters. The predicted molar refractivity (Wildman–Crippen MR) is 61.7 cm³/mol. The lowest BCUT2D eigenvalue weighted by Gasteiger charge is -2.03. The van der Waals surface area contributed by atoms with Gasteiger partial charge >= 0.3 is 5.97 Å². The maximum Gasteiger partial charge on any atom is 0.356 e. The van der Waals surface area contributed by atoms with Crippen LogP contribution in [0.3, 0.4) is 0 Å². The Morgan fingerprint density at radius 3 is 2.83 bits per heavy atom. The zero-order valence-electron chi connectivity index (χ0n) is 9.58. The Balaban J connectivity index is 2.07. The van der Waals surface area contributed by atoms with E-state index < -0.39 is 5.97 Å². The molecule has 0 amide bonds. The number of carboxylic acid groups (broad SMARTS) is 1. The summed E-state index contributed by atoms with van der Waals surface area (Å²) in [5.74, 6) is 0.308. The first kappa shape index (κ1) is 10.6. The predicted octanol–water partition coefficient (Wildman–Crippen LogP) is 1.51. The smallest absolute Gasteiger partial charge is 0.356 e. The molecule has 1 N–H and O–H groups in total. The molecule has 92 valence electrons. The number of carbonyl (C=O) groups is 1. The molecule has 0 fully saturated rings. The maximum atomic E-state index is 10.9. The lowest BCUT2D eigenvalue weighted by molar-refractivity contribution is 0.0689. The van der Waals surface area contributed by atoms with Crippen molar-refractivity contribution in [1.29, 1.82) is 0 Å². The Morgan fingerprint density at radius 2 is 2.11 bits per heavy atom. The Morgan fingerprint density at radius 1 is 1.33 bits per heavy atom. The van der Waals surface area contributed by atoms with E-state index in [1.807, 2.05) is 12.1 Å². The van der Waals surface area contributed by atoms with Crippen LogP contribution in [-0.4, -0.2) is 27.6 Å². The minimum Gasteiger partial charge on any atom is -0.476 e. The molecule has 0 spiro atoms. The van der Waals surface area contributed by atoms with Crippen molar-refractivity contribution in [3.63, 3.8) is 0 Å². The third-order valence-electron chi connectivity index (χ3n) is 2.77. The average molecular weight is 246 g/mol. The Kier molecular flexibility index (Phi) is 2.22. The van der Waals surface area contributed by atoms with E-state index in [2.05, 4.69) is 5.10 Å². The highest BCUT2D eigenvalue weighted by Gasteiger charge is 2.17. The summed E-state index contributed by atoms with van der Waals surface area (Å²) in [4.78, 5) is 10.9. The van der Waals surface area contributed by atoms with Crippen molar-refractivity contribution in [3.05, 3.63) is 30.0 Å². The molecule has 18 heavy (non-hydrogen) atoms. The van der Waals surface area contributed by atoms with Gasteiger partial charge in [-0.3, -0.25) is 4.68 Å². The Bertz CT molecular complexity index is 633. The van der Waals surface area contributed by atoms with E-state index in [1.54, 1.807) is 13.1 Å². The molecule has 3 rings (SSSR count). The van der Waals surface area contributed by atoms with Crippen LogP contribution < -0.4 is 9.47 Å². The van der Waals surface area contributed by atoms with E-state index in [1.165, 1.54) is 10.7 Å². The molecule has 0 aliphatic carbocycles. The molecule has 6 heteroatoms. The number of hydrogen-bond donors (Lipinski definition) is 1. The third-order valence-corrected chi connectivity index (χ3v) is 2.77. The Hall–Kier alpha value is -2.50. The van der Waals surface area contributed by atoms with Crippen LogP contribution in [0.15, 0.2) is 24.3 Å². The molecular formula is C12H10N2O4. The summed E-state index contributed by atoms with van der Waals surface area (Å²) in [6.45, 7) is 0.213. The first-order valence-corrected chi connectivity index (χ1v) is 5.32. The summed E-state index contributed by atoms with van der Waals surface area (Å²) in [6, 6.07) is 6.98. The average Bonchev–Trinajstić information content (AvgIpc) is 2.93. The zero-order valence-corrected chi connectivity index (χ0v) is 9.58. The van der Waals surface area contributed by atoms with Crippen LogP contribution in [-0.2, 0) is 7.05 Å². The molecule has 6 nitrogen and oxygen atoms in total. The van der Waals surface area contributed by atoms with Crippen LogP contribution in [0, 0.1) is 0 Å². The quantitative estimate of drug-likeness (QED) is 0.869. The molecule has 0 unspecified atom stereocenters. The van der Waals surface area contributed by atoms with E-state index in [0.717, 1.165) is 5.56 Å². The minimum atomic E-state index is -1.04. The van der Waals surface area contributed by atoms with Crippen LogP contribution in [0.2, 0.25) is 0 Å². The molecule has 0 radical (unpaired) electrons. The molecule has 1 aliphatic rings. The number of ether oxygens (including phenoxy) is 2. The molecule has 1 aromatic heterocycles. The van der Waals surface area contributed by atoms with Crippen molar-refractivity contribution < 1.29 is 19.4 Å². The summed E-state index contributed by atoms with van der Waals surface area (Å²) in [6.07, 6.45) is 0. The van der Waals surface area contributed by atoms with E-state index in [4.69, 9.17) is 14.6 Å². The number of aromatic nitrogens is 2. The number of rotatable bonds is 2. The van der Waals surface area contributed by atoms with Crippen LogP contribution in [0.25, 0.3) is 11.3 Å². The zero-order chi connectivity index (χ0) is 12.7. The van der Waals surface area contributed by atoms with Crippen LogP contribution in [0.5, 0.6) is 11.5 Å². The number of hydrogen-bond acceptors (Lipinski definition) is 4. The molecule has 0 saturated carbocycles. The molecule has 0 bridgehead atoms. The minimum absolute atomic E-state index is 0.0187. The highest BCUT2D eigenvalue weighted by molar-refractivity contribution is 5.87. The van der Waals surface area contributed by atoms with Gasteiger partial charge in [0.05, 0.1) is 5.69 Å². The first-order valence-electron chi connectivity index (χ1n) is 5.32. The highest BCUT2D eigenvalue weighted by atomic mass is 16.7. The van der Waals surface area contributed by atoms with Crippen LogP contribution in [0.4, 0.5) is 0 Å². The molecule has 2 heterocycles. The van der Waals surface area contributed by atoms with E-state index in [-0.39, 0.29) is 12.5 Å². The van der Waals surface area contributed by atoms with Gasteiger partial charge in [-0.25, -0.2) is 4.79 Å². The fraction of sp³-hybridized carbons (Fsp3) is 0.167. The monoisotopic (exact) mass is 246 g/mol. The number of aromatic carboxylic acids is 1. The van der Waals surface area contributed by atoms with Gasteiger partial charge < -0.3 is 14.6 Å². The lowest BCUT2D eigenvalue weighted by Crippen LogP contribution is -1.99. The number of benzene rings is 1. The number of nitrogens with zero attached hydrogens (tertiary/aromatic N) is 2. The van der Waals surface area contributed by atoms with Crippen LogP contribution in [0.1, 0.15) is 10.5 Å². The molecule has 0 saturated heterocycles. The largest absolute Gasteiger partial charge is 0.476 e. The van der Waals surface area contributed by atoms with E-state index in [9.17, 15) is 4.79 Å². The van der Waals surface area contributed by atoms with Gasteiger partial charge in [0.25, 0.3) is 0 Å². The summed E-state index contributed by atoms with van der Waals surface area (Å²) >= 11 is 0. The molecule has 2 aromatic rings. The summed E-state index contributed by atoms with van der Waals surface area (Å²) in [5, 5.41) is 12.8. The normalized spacial score (nSPS) is 12.7. The fourth-order valence-corrected chi connectivity index (χ4v) is 1.90. The summed E-state index contributed by atoms with van der Waals surface area (Å²) < 4.78 is 12.0. The fourth-order valence-electron chi connectivity index (χ4n) is 1.90.